The molecule has 23 heavy (non-hydrogen) atoms. The number of rotatable bonds is 5. The second-order valence-corrected chi connectivity index (χ2v) is 5.14. The Morgan fingerprint density at radius 3 is 2.70 bits per heavy atom. The Morgan fingerprint density at radius 1 is 1.22 bits per heavy atom. The van der Waals surface area contributed by atoms with Crippen LogP contribution in [-0.4, -0.2) is 17.3 Å². The fourth-order valence-electron chi connectivity index (χ4n) is 2.05. The van der Waals surface area contributed by atoms with E-state index in [1.165, 1.54) is 18.2 Å². The van der Waals surface area contributed by atoms with Gasteiger partial charge in [-0.1, -0.05) is 29.8 Å². The van der Waals surface area contributed by atoms with Crippen molar-refractivity contribution in [3.63, 3.8) is 0 Å². The van der Waals surface area contributed by atoms with Crippen LogP contribution in [0.4, 0.5) is 5.69 Å². The van der Waals surface area contributed by atoms with E-state index in [4.69, 9.17) is 20.8 Å². The quantitative estimate of drug-likeness (QED) is 0.396. The summed E-state index contributed by atoms with van der Waals surface area (Å²) in [6.07, 6.45) is 0. The van der Waals surface area contributed by atoms with Crippen LogP contribution in [0, 0.1) is 10.1 Å². The molecule has 0 N–H and O–H groups in total. The van der Waals surface area contributed by atoms with Crippen LogP contribution in [0.15, 0.2) is 52.9 Å². The lowest BCUT2D eigenvalue weighted by Gasteiger charge is -2.06. The number of hydrogen-bond donors (Lipinski definition) is 0. The molecule has 3 aromatic rings. The van der Waals surface area contributed by atoms with Gasteiger partial charge in [-0.2, -0.15) is 0 Å². The number of furan rings is 1. The van der Waals surface area contributed by atoms with Crippen molar-refractivity contribution in [1.82, 2.24) is 0 Å². The average molecular weight is 332 g/mol. The summed E-state index contributed by atoms with van der Waals surface area (Å²) in [6.45, 7) is -0.280. The molecule has 0 bridgehead atoms. The number of nitro benzene ring substituents is 1. The molecule has 0 atom stereocenters. The summed E-state index contributed by atoms with van der Waals surface area (Å²) in [6, 6.07) is 12.7. The zero-order chi connectivity index (χ0) is 16.4. The van der Waals surface area contributed by atoms with Crippen LogP contribution in [0.5, 0.6) is 5.75 Å². The predicted octanol–water partition coefficient (Wildman–Crippen LogP) is 4.26. The molecule has 0 spiro atoms. The minimum absolute atomic E-state index is 0.0663. The Hall–Kier alpha value is -2.86. The zero-order valence-electron chi connectivity index (χ0n) is 11.7. The molecule has 0 amide bonds. The SMILES string of the molecule is O=C(COc1ccc([N+](=O)[O-])cc1Cl)c1cc2ccccc2o1. The summed E-state index contributed by atoms with van der Waals surface area (Å²) in [5.41, 5.74) is 0.468. The van der Waals surface area contributed by atoms with Crippen molar-refractivity contribution in [3.8, 4) is 5.75 Å². The Balaban J connectivity index is 1.72. The number of hydrogen-bond acceptors (Lipinski definition) is 5. The number of carbonyl (C=O) groups excluding carboxylic acids is 1. The number of para-hydroxylation sites is 1. The van der Waals surface area contributed by atoms with Crippen LogP contribution in [0.1, 0.15) is 10.6 Å². The van der Waals surface area contributed by atoms with Gasteiger partial charge in [-0.05, 0) is 18.2 Å². The number of fused-ring (bicyclic) bond motifs is 1. The highest BCUT2D eigenvalue weighted by Gasteiger charge is 2.15. The molecule has 2 aromatic carbocycles. The van der Waals surface area contributed by atoms with Crippen LogP contribution in [0.2, 0.25) is 5.02 Å². The summed E-state index contributed by atoms with van der Waals surface area (Å²) in [5, 5.41) is 11.5. The molecule has 7 heteroatoms. The Morgan fingerprint density at radius 2 is 2.00 bits per heavy atom. The maximum atomic E-state index is 12.1. The lowest BCUT2D eigenvalue weighted by Crippen LogP contribution is -2.10. The Kier molecular flexibility index (Phi) is 3.99. The summed E-state index contributed by atoms with van der Waals surface area (Å²) in [5.74, 6) is 0.0292. The first-order valence-corrected chi connectivity index (χ1v) is 7.01. The van der Waals surface area contributed by atoms with Crippen molar-refractivity contribution in [1.29, 1.82) is 0 Å². The Labute approximate surface area is 135 Å². The summed E-state index contributed by atoms with van der Waals surface area (Å²) in [7, 11) is 0. The van der Waals surface area contributed by atoms with Gasteiger partial charge in [-0.15, -0.1) is 0 Å². The fraction of sp³-hybridized carbons (Fsp3) is 0.0625. The van der Waals surface area contributed by atoms with E-state index >= 15 is 0 Å². The number of halogens is 1. The minimum atomic E-state index is -0.560. The predicted molar refractivity (Wildman–Crippen MR) is 84.1 cm³/mol. The molecule has 0 fully saturated rings. The fourth-order valence-corrected chi connectivity index (χ4v) is 2.28. The van der Waals surface area contributed by atoms with E-state index < -0.39 is 4.92 Å². The second kappa shape index (κ2) is 6.10. The lowest BCUT2D eigenvalue weighted by molar-refractivity contribution is -0.384. The van der Waals surface area contributed by atoms with Crippen LogP contribution in [0.25, 0.3) is 11.0 Å². The van der Waals surface area contributed by atoms with Crippen molar-refractivity contribution in [3.05, 3.63) is 69.4 Å². The smallest absolute Gasteiger partial charge is 0.271 e. The van der Waals surface area contributed by atoms with Gasteiger partial charge in [0, 0.05) is 17.5 Å². The molecule has 0 saturated carbocycles. The van der Waals surface area contributed by atoms with Gasteiger partial charge >= 0.3 is 0 Å². The first kappa shape index (κ1) is 15.1. The van der Waals surface area contributed by atoms with Crippen molar-refractivity contribution in [2.45, 2.75) is 0 Å². The standard InChI is InChI=1S/C16H10ClNO5/c17-12-8-11(18(20)21)5-6-15(12)22-9-13(19)16-7-10-3-1-2-4-14(10)23-16/h1-8H,9H2. The Bertz CT molecular complexity index is 869. The second-order valence-electron chi connectivity index (χ2n) is 4.73. The molecule has 0 aliphatic heterocycles. The van der Waals surface area contributed by atoms with Crippen LogP contribution >= 0.6 is 11.6 Å². The molecule has 1 aromatic heterocycles. The van der Waals surface area contributed by atoms with Crippen molar-refractivity contribution < 1.29 is 18.9 Å². The van der Waals surface area contributed by atoms with Crippen molar-refractivity contribution in [2.75, 3.05) is 6.61 Å². The minimum Gasteiger partial charge on any atom is -0.484 e. The number of non-ortho nitro benzene ring substituents is 1. The topological polar surface area (TPSA) is 82.6 Å². The summed E-state index contributed by atoms with van der Waals surface area (Å²) in [4.78, 5) is 22.2. The molecule has 116 valence electrons. The number of nitro groups is 1. The lowest BCUT2D eigenvalue weighted by atomic mass is 10.2. The van der Waals surface area contributed by atoms with Crippen LogP contribution < -0.4 is 4.74 Å². The number of nitrogens with zero attached hydrogens (tertiary/aromatic N) is 1. The average Bonchev–Trinajstić information content (AvgIpc) is 2.97. The summed E-state index contributed by atoms with van der Waals surface area (Å²) >= 11 is 5.90. The van der Waals surface area contributed by atoms with Gasteiger partial charge in [-0.3, -0.25) is 14.9 Å². The number of carbonyl (C=O) groups is 1. The zero-order valence-corrected chi connectivity index (χ0v) is 12.4. The number of benzene rings is 2. The van der Waals surface area contributed by atoms with Crippen molar-refractivity contribution >= 4 is 34.0 Å². The molecule has 0 saturated heterocycles. The maximum absolute atomic E-state index is 12.1. The highest BCUT2D eigenvalue weighted by atomic mass is 35.5. The highest BCUT2D eigenvalue weighted by molar-refractivity contribution is 6.32. The van der Waals surface area contributed by atoms with Gasteiger partial charge < -0.3 is 9.15 Å². The van der Waals surface area contributed by atoms with Crippen LogP contribution in [0.3, 0.4) is 0 Å². The third-order valence-electron chi connectivity index (χ3n) is 3.19. The van der Waals surface area contributed by atoms with E-state index in [1.807, 2.05) is 18.2 Å². The molecule has 1 heterocycles. The molecule has 0 aliphatic carbocycles. The maximum Gasteiger partial charge on any atom is 0.271 e. The van der Waals surface area contributed by atoms with Gasteiger partial charge in [-0.25, -0.2) is 0 Å². The number of ketones is 1. The molecule has 0 aliphatic rings. The van der Waals surface area contributed by atoms with Crippen molar-refractivity contribution in [2.24, 2.45) is 0 Å². The molecular weight excluding hydrogens is 322 g/mol. The third-order valence-corrected chi connectivity index (χ3v) is 3.48. The van der Waals surface area contributed by atoms with Gasteiger partial charge in [0.25, 0.3) is 5.69 Å². The van der Waals surface area contributed by atoms with Gasteiger partial charge in [0.1, 0.15) is 11.3 Å². The van der Waals surface area contributed by atoms with Gasteiger partial charge in [0.2, 0.25) is 5.78 Å². The van der Waals surface area contributed by atoms with E-state index in [0.29, 0.717) is 5.58 Å². The highest BCUT2D eigenvalue weighted by Crippen LogP contribution is 2.29. The summed E-state index contributed by atoms with van der Waals surface area (Å²) < 4.78 is 10.8. The van der Waals surface area contributed by atoms with Crippen LogP contribution in [-0.2, 0) is 0 Å². The molecule has 0 radical (unpaired) electrons. The van der Waals surface area contributed by atoms with Gasteiger partial charge in [0.15, 0.2) is 12.4 Å². The molecular formula is C16H10ClNO5. The molecule has 0 unspecified atom stereocenters. The first-order valence-electron chi connectivity index (χ1n) is 6.63. The van der Waals surface area contributed by atoms with E-state index in [-0.39, 0.29) is 34.6 Å². The molecule has 6 nitrogen and oxygen atoms in total. The van der Waals surface area contributed by atoms with E-state index in [0.717, 1.165) is 5.39 Å². The first-order chi connectivity index (χ1) is 11.0. The third kappa shape index (κ3) is 3.17. The number of ether oxygens (including phenoxy) is 1. The number of Topliss-reactive ketones (excluding diaryl/α,β-unsaturated/α-hetero) is 1. The van der Waals surface area contributed by atoms with E-state index in [2.05, 4.69) is 0 Å². The largest absolute Gasteiger partial charge is 0.484 e. The van der Waals surface area contributed by atoms with E-state index in [1.54, 1.807) is 12.1 Å². The molecule has 3 rings (SSSR count). The normalized spacial score (nSPS) is 10.7. The monoisotopic (exact) mass is 331 g/mol. The van der Waals surface area contributed by atoms with E-state index in [9.17, 15) is 14.9 Å². The van der Waals surface area contributed by atoms with Gasteiger partial charge in [0.05, 0.1) is 9.95 Å².